The first-order valence-electron chi connectivity index (χ1n) is 10.2. The Labute approximate surface area is 191 Å². The molecule has 0 radical (unpaired) electrons. The molecule has 4 rings (SSSR count). The summed E-state index contributed by atoms with van der Waals surface area (Å²) in [6, 6.07) is 11.7. The lowest BCUT2D eigenvalue weighted by Crippen LogP contribution is -2.22. The Kier molecular flexibility index (Phi) is 6.42. The van der Waals surface area contributed by atoms with Crippen LogP contribution in [0.4, 0.5) is 13.2 Å². The Bertz CT molecular complexity index is 1320. The van der Waals surface area contributed by atoms with Crippen molar-refractivity contribution < 1.29 is 32.5 Å². The van der Waals surface area contributed by atoms with Crippen molar-refractivity contribution in [3.8, 4) is 23.0 Å². The molecule has 4 aromatic rings. The van der Waals surface area contributed by atoms with Crippen LogP contribution < -0.4 is 15.8 Å². The number of alkyl halides is 3. The number of fused-ring (bicyclic) bond motifs is 1. The summed E-state index contributed by atoms with van der Waals surface area (Å²) in [6.07, 6.45) is -5.87. The fourth-order valence-electron chi connectivity index (χ4n) is 3.52. The Morgan fingerprint density at radius 3 is 2.62 bits per heavy atom. The third-order valence-corrected chi connectivity index (χ3v) is 5.14. The Hall–Kier alpha value is -3.67. The summed E-state index contributed by atoms with van der Waals surface area (Å²) in [5.74, 6) is 0.509. The highest BCUT2D eigenvalue weighted by Gasteiger charge is 2.33. The first kappa shape index (κ1) is 23.5. The van der Waals surface area contributed by atoms with Gasteiger partial charge in [0, 0.05) is 17.5 Å². The van der Waals surface area contributed by atoms with E-state index in [1.54, 1.807) is 24.3 Å². The van der Waals surface area contributed by atoms with Gasteiger partial charge in [0.15, 0.2) is 6.23 Å². The molecule has 2 heterocycles. The van der Waals surface area contributed by atoms with Crippen molar-refractivity contribution in [3.63, 3.8) is 0 Å². The number of nitrogens with two attached hydrogens (primary N) is 1. The molecule has 0 aliphatic heterocycles. The van der Waals surface area contributed by atoms with E-state index < -0.39 is 18.1 Å². The molecule has 0 fully saturated rings. The third-order valence-electron chi connectivity index (χ3n) is 5.14. The summed E-state index contributed by atoms with van der Waals surface area (Å²) in [4.78, 5) is 8.09. The number of halogens is 3. The Morgan fingerprint density at radius 1 is 1.15 bits per heavy atom. The van der Waals surface area contributed by atoms with Gasteiger partial charge in [-0.2, -0.15) is 13.2 Å². The first-order chi connectivity index (χ1) is 16.2. The maximum absolute atomic E-state index is 13.2. The van der Waals surface area contributed by atoms with Gasteiger partial charge in [-0.05, 0) is 42.0 Å². The average Bonchev–Trinajstić information content (AvgIpc) is 3.25. The number of nitrogens with zero attached hydrogens (tertiary/aromatic N) is 2. The lowest BCUT2D eigenvalue weighted by Gasteiger charge is -2.12. The molecule has 5 N–H and O–H groups in total. The fraction of sp³-hybridized carbons (Fsp3) is 0.217. The van der Waals surface area contributed by atoms with Crippen molar-refractivity contribution in [1.29, 1.82) is 0 Å². The van der Waals surface area contributed by atoms with E-state index in [9.17, 15) is 23.4 Å². The molecular weight excluding hydrogens is 453 g/mol. The standard InChI is InChI=1S/C23H21F3N4O4/c1-33-16-7-5-15(14-6-8-18(23(24,25)26)29-19(14)16)22-30-20(17(10-27)34-22)21(32)28-11-12-3-2-4-13(31)9-12/h2-9,21,28,31-32H,10-11,27H2,1H3. The third kappa shape index (κ3) is 4.67. The van der Waals surface area contributed by atoms with Crippen molar-refractivity contribution in [1.82, 2.24) is 15.3 Å². The number of benzene rings is 2. The van der Waals surface area contributed by atoms with E-state index in [1.807, 2.05) is 0 Å². The predicted molar refractivity (Wildman–Crippen MR) is 117 cm³/mol. The van der Waals surface area contributed by atoms with Gasteiger partial charge in [-0.3, -0.25) is 5.32 Å². The maximum Gasteiger partial charge on any atom is 0.433 e. The molecule has 11 heteroatoms. The van der Waals surface area contributed by atoms with Gasteiger partial charge in [-0.15, -0.1) is 0 Å². The largest absolute Gasteiger partial charge is 0.508 e. The van der Waals surface area contributed by atoms with Gasteiger partial charge >= 0.3 is 6.18 Å². The van der Waals surface area contributed by atoms with E-state index in [-0.39, 0.29) is 47.5 Å². The zero-order valence-corrected chi connectivity index (χ0v) is 17.9. The number of aromatic hydroxyl groups is 1. The molecule has 0 amide bonds. The lowest BCUT2D eigenvalue weighted by molar-refractivity contribution is -0.140. The van der Waals surface area contributed by atoms with Crippen LogP contribution in [0.3, 0.4) is 0 Å². The van der Waals surface area contributed by atoms with E-state index in [1.165, 1.54) is 25.3 Å². The summed E-state index contributed by atoms with van der Waals surface area (Å²) in [5.41, 5.74) is 5.93. The summed E-state index contributed by atoms with van der Waals surface area (Å²) >= 11 is 0. The molecule has 2 aromatic carbocycles. The number of phenolic OH excluding ortho intramolecular Hbond substituents is 1. The summed E-state index contributed by atoms with van der Waals surface area (Å²) < 4.78 is 50.5. The Morgan fingerprint density at radius 2 is 1.94 bits per heavy atom. The highest BCUT2D eigenvalue weighted by atomic mass is 19.4. The number of hydrogen-bond acceptors (Lipinski definition) is 8. The van der Waals surface area contributed by atoms with Crippen LogP contribution in [0.25, 0.3) is 22.4 Å². The molecule has 0 aliphatic rings. The van der Waals surface area contributed by atoms with Crippen LogP contribution in [0.2, 0.25) is 0 Å². The molecule has 0 bridgehead atoms. The van der Waals surface area contributed by atoms with Crippen LogP contribution in [-0.4, -0.2) is 27.3 Å². The summed E-state index contributed by atoms with van der Waals surface area (Å²) in [7, 11) is 1.33. The number of aromatic nitrogens is 2. The number of pyridine rings is 1. The molecule has 2 aromatic heterocycles. The molecule has 178 valence electrons. The summed E-state index contributed by atoms with van der Waals surface area (Å²) in [5, 5.41) is 23.4. The number of oxazole rings is 1. The topological polar surface area (TPSA) is 127 Å². The van der Waals surface area contributed by atoms with Crippen molar-refractivity contribution in [2.45, 2.75) is 25.5 Å². The normalized spacial score (nSPS) is 12.8. The second-order valence-corrected chi connectivity index (χ2v) is 7.39. The van der Waals surface area contributed by atoms with Crippen LogP contribution in [0.15, 0.2) is 52.9 Å². The average molecular weight is 474 g/mol. The minimum atomic E-state index is -4.62. The van der Waals surface area contributed by atoms with Gasteiger partial charge in [0.25, 0.3) is 0 Å². The quantitative estimate of drug-likeness (QED) is 0.298. The second-order valence-electron chi connectivity index (χ2n) is 7.39. The maximum atomic E-state index is 13.2. The van der Waals surface area contributed by atoms with E-state index in [4.69, 9.17) is 14.9 Å². The molecule has 0 aliphatic carbocycles. The molecule has 1 unspecified atom stereocenters. The number of methoxy groups -OCH3 is 1. The molecule has 0 saturated carbocycles. The zero-order chi connectivity index (χ0) is 24.5. The highest BCUT2D eigenvalue weighted by molar-refractivity contribution is 5.96. The zero-order valence-electron chi connectivity index (χ0n) is 17.9. The number of aliphatic hydroxyl groups excluding tert-OH is 1. The smallest absolute Gasteiger partial charge is 0.433 e. The summed E-state index contributed by atoms with van der Waals surface area (Å²) in [6.45, 7) is 0.148. The van der Waals surface area contributed by atoms with Crippen LogP contribution in [0, 0.1) is 0 Å². The minimum Gasteiger partial charge on any atom is -0.508 e. The molecule has 0 spiro atoms. The SMILES string of the molecule is COc1ccc(-c2nc(C(O)NCc3cccc(O)c3)c(CN)o2)c2ccc(C(F)(F)F)nc12. The molecule has 34 heavy (non-hydrogen) atoms. The number of phenols is 1. The van der Waals surface area contributed by atoms with Crippen molar-refractivity contribution in [2.24, 2.45) is 5.73 Å². The lowest BCUT2D eigenvalue weighted by atomic mass is 10.1. The van der Waals surface area contributed by atoms with Crippen molar-refractivity contribution in [2.75, 3.05) is 7.11 Å². The number of rotatable bonds is 7. The number of hydrogen-bond donors (Lipinski definition) is 4. The van der Waals surface area contributed by atoms with Gasteiger partial charge in [-0.1, -0.05) is 12.1 Å². The van der Waals surface area contributed by atoms with Crippen molar-refractivity contribution in [3.05, 3.63) is 71.2 Å². The number of ether oxygens (including phenoxy) is 1. The van der Waals surface area contributed by atoms with Crippen LogP contribution in [0.1, 0.15) is 28.9 Å². The molecule has 8 nitrogen and oxygen atoms in total. The van der Waals surface area contributed by atoms with E-state index in [2.05, 4.69) is 15.3 Å². The minimum absolute atomic E-state index is 0.00793. The first-order valence-corrected chi connectivity index (χ1v) is 10.2. The van der Waals surface area contributed by atoms with Crippen LogP contribution in [0.5, 0.6) is 11.5 Å². The van der Waals surface area contributed by atoms with Gasteiger partial charge < -0.3 is 25.1 Å². The van der Waals surface area contributed by atoms with E-state index in [0.717, 1.165) is 11.6 Å². The van der Waals surface area contributed by atoms with Crippen molar-refractivity contribution >= 4 is 10.9 Å². The van der Waals surface area contributed by atoms with Gasteiger partial charge in [0.1, 0.15) is 34.2 Å². The highest BCUT2D eigenvalue weighted by Crippen LogP contribution is 2.37. The predicted octanol–water partition coefficient (Wildman–Crippen LogP) is 3.86. The Balaban J connectivity index is 1.70. The van der Waals surface area contributed by atoms with E-state index in [0.29, 0.717) is 10.9 Å². The molecular formula is C23H21F3N4O4. The van der Waals surface area contributed by atoms with Crippen LogP contribution >= 0.6 is 0 Å². The number of nitrogens with one attached hydrogen (secondary N) is 1. The molecule has 1 atom stereocenters. The van der Waals surface area contributed by atoms with Crippen LogP contribution in [-0.2, 0) is 19.3 Å². The molecule has 0 saturated heterocycles. The van der Waals surface area contributed by atoms with Gasteiger partial charge in [0.05, 0.1) is 13.7 Å². The second kappa shape index (κ2) is 9.29. The van der Waals surface area contributed by atoms with Gasteiger partial charge in [-0.25, -0.2) is 9.97 Å². The van der Waals surface area contributed by atoms with Gasteiger partial charge in [0.2, 0.25) is 5.89 Å². The monoisotopic (exact) mass is 474 g/mol. The number of aliphatic hydroxyl groups is 1. The van der Waals surface area contributed by atoms with E-state index >= 15 is 0 Å². The fourth-order valence-corrected chi connectivity index (χ4v) is 3.52.